The summed E-state index contributed by atoms with van der Waals surface area (Å²) in [6, 6.07) is 17.4. The van der Waals surface area contributed by atoms with Crippen molar-refractivity contribution < 1.29 is 18.3 Å². The van der Waals surface area contributed by atoms with Crippen molar-refractivity contribution in [2.75, 3.05) is 0 Å². The standard InChI is InChI=1S/C24H17FO4/c1-14-12-19-20(13-15(14)2)28-22(16-6-4-3-5-7-16)23(21(19)26)29-24(27)17-8-10-18(25)11-9-17/h3-13H,1-2H3. The minimum atomic E-state index is -0.766. The Morgan fingerprint density at radius 2 is 1.59 bits per heavy atom. The van der Waals surface area contributed by atoms with E-state index < -0.39 is 17.2 Å². The zero-order valence-corrected chi connectivity index (χ0v) is 15.9. The molecule has 0 atom stereocenters. The Balaban J connectivity index is 1.91. The van der Waals surface area contributed by atoms with Gasteiger partial charge in [-0.3, -0.25) is 4.79 Å². The molecule has 0 aliphatic heterocycles. The van der Waals surface area contributed by atoms with Gasteiger partial charge in [0, 0.05) is 5.56 Å². The van der Waals surface area contributed by atoms with Crippen LogP contribution >= 0.6 is 0 Å². The molecule has 5 heteroatoms. The molecule has 4 aromatic rings. The van der Waals surface area contributed by atoms with Gasteiger partial charge < -0.3 is 9.15 Å². The monoisotopic (exact) mass is 388 g/mol. The van der Waals surface area contributed by atoms with Crippen molar-refractivity contribution >= 4 is 16.9 Å². The SMILES string of the molecule is Cc1cc2oc(-c3ccccc3)c(OC(=O)c3ccc(F)cc3)c(=O)c2cc1C. The highest BCUT2D eigenvalue weighted by molar-refractivity contribution is 5.93. The van der Waals surface area contributed by atoms with Crippen LogP contribution in [0.2, 0.25) is 0 Å². The third-order valence-electron chi connectivity index (χ3n) is 4.78. The molecule has 0 unspecified atom stereocenters. The van der Waals surface area contributed by atoms with Gasteiger partial charge in [0.25, 0.3) is 0 Å². The molecular formula is C24H17FO4. The van der Waals surface area contributed by atoms with Crippen LogP contribution in [0.15, 0.2) is 75.9 Å². The van der Waals surface area contributed by atoms with Gasteiger partial charge in [0.2, 0.25) is 11.2 Å². The molecule has 0 amide bonds. The Morgan fingerprint density at radius 1 is 0.931 bits per heavy atom. The summed E-state index contributed by atoms with van der Waals surface area (Å²) in [7, 11) is 0. The van der Waals surface area contributed by atoms with Gasteiger partial charge in [-0.25, -0.2) is 9.18 Å². The van der Waals surface area contributed by atoms with E-state index in [-0.39, 0.29) is 17.1 Å². The molecule has 0 N–H and O–H groups in total. The van der Waals surface area contributed by atoms with Crippen molar-refractivity contribution in [3.63, 3.8) is 0 Å². The highest BCUT2D eigenvalue weighted by Gasteiger charge is 2.21. The normalized spacial score (nSPS) is 10.9. The second-order valence-electron chi connectivity index (χ2n) is 6.78. The number of aryl methyl sites for hydroxylation is 2. The number of hydrogen-bond donors (Lipinski definition) is 0. The summed E-state index contributed by atoms with van der Waals surface area (Å²) in [6.45, 7) is 3.82. The minimum absolute atomic E-state index is 0.130. The number of carbonyl (C=O) groups excluding carboxylic acids is 1. The zero-order valence-electron chi connectivity index (χ0n) is 15.9. The molecular weight excluding hydrogens is 371 g/mol. The van der Waals surface area contributed by atoms with Gasteiger partial charge >= 0.3 is 5.97 Å². The lowest BCUT2D eigenvalue weighted by Gasteiger charge is -2.12. The molecule has 0 aliphatic rings. The summed E-state index contributed by atoms with van der Waals surface area (Å²) < 4.78 is 24.6. The van der Waals surface area contributed by atoms with Gasteiger partial charge in [-0.05, 0) is 61.4 Å². The van der Waals surface area contributed by atoms with Gasteiger partial charge in [0.15, 0.2) is 5.76 Å². The van der Waals surface area contributed by atoms with Crippen LogP contribution in [0.4, 0.5) is 4.39 Å². The number of hydrogen-bond acceptors (Lipinski definition) is 4. The molecule has 0 saturated carbocycles. The highest BCUT2D eigenvalue weighted by Crippen LogP contribution is 2.32. The number of fused-ring (bicyclic) bond motifs is 1. The highest BCUT2D eigenvalue weighted by atomic mass is 19.1. The summed E-state index contributed by atoms with van der Waals surface area (Å²) in [5, 5.41) is 0.328. The third-order valence-corrected chi connectivity index (χ3v) is 4.78. The molecule has 4 nitrogen and oxygen atoms in total. The molecule has 3 aromatic carbocycles. The minimum Gasteiger partial charge on any atom is -0.452 e. The second kappa shape index (κ2) is 7.36. The summed E-state index contributed by atoms with van der Waals surface area (Å²) in [5.74, 6) is -1.26. The lowest BCUT2D eigenvalue weighted by atomic mass is 10.0. The molecule has 0 aliphatic carbocycles. The first kappa shape index (κ1) is 18.6. The molecule has 4 rings (SSSR count). The van der Waals surface area contributed by atoms with Crippen molar-refractivity contribution in [1.82, 2.24) is 0 Å². The number of carbonyl (C=O) groups is 1. The van der Waals surface area contributed by atoms with Crippen LogP contribution in [-0.4, -0.2) is 5.97 Å². The van der Waals surface area contributed by atoms with Crippen molar-refractivity contribution in [2.45, 2.75) is 13.8 Å². The predicted molar refractivity (Wildman–Crippen MR) is 109 cm³/mol. The number of rotatable bonds is 3. The van der Waals surface area contributed by atoms with E-state index in [9.17, 15) is 14.0 Å². The number of benzene rings is 3. The molecule has 1 heterocycles. The van der Waals surface area contributed by atoms with Crippen LogP contribution in [0.5, 0.6) is 5.75 Å². The Hall–Kier alpha value is -3.73. The first-order valence-electron chi connectivity index (χ1n) is 9.05. The molecule has 0 saturated heterocycles. The maximum atomic E-state index is 13.2. The van der Waals surface area contributed by atoms with Crippen molar-refractivity contribution in [1.29, 1.82) is 0 Å². The van der Waals surface area contributed by atoms with Crippen molar-refractivity contribution in [3.05, 3.63) is 99.5 Å². The quantitative estimate of drug-likeness (QED) is 0.439. The fourth-order valence-electron chi connectivity index (χ4n) is 3.04. The summed E-state index contributed by atoms with van der Waals surface area (Å²) in [4.78, 5) is 25.8. The van der Waals surface area contributed by atoms with E-state index in [1.807, 2.05) is 19.9 Å². The van der Waals surface area contributed by atoms with E-state index in [2.05, 4.69) is 0 Å². The van der Waals surface area contributed by atoms with Gasteiger partial charge in [-0.15, -0.1) is 0 Å². The van der Waals surface area contributed by atoms with Gasteiger partial charge in [0.05, 0.1) is 10.9 Å². The van der Waals surface area contributed by atoms with Gasteiger partial charge in [-0.1, -0.05) is 30.3 Å². The van der Waals surface area contributed by atoms with Crippen LogP contribution in [0, 0.1) is 19.7 Å². The average Bonchev–Trinajstić information content (AvgIpc) is 2.72. The first-order valence-corrected chi connectivity index (χ1v) is 9.05. The molecule has 0 fully saturated rings. The Bertz CT molecular complexity index is 1270. The topological polar surface area (TPSA) is 56.5 Å². The maximum Gasteiger partial charge on any atom is 0.343 e. The smallest absolute Gasteiger partial charge is 0.343 e. The van der Waals surface area contributed by atoms with Gasteiger partial charge in [0.1, 0.15) is 11.4 Å². The molecule has 29 heavy (non-hydrogen) atoms. The number of esters is 1. The third kappa shape index (κ3) is 3.55. The van der Waals surface area contributed by atoms with E-state index in [1.54, 1.807) is 36.4 Å². The molecule has 0 bridgehead atoms. The lowest BCUT2D eigenvalue weighted by Crippen LogP contribution is -2.16. The summed E-state index contributed by atoms with van der Waals surface area (Å²) in [6.07, 6.45) is 0. The maximum absolute atomic E-state index is 13.2. The number of halogens is 1. The van der Waals surface area contributed by atoms with Crippen LogP contribution in [0.1, 0.15) is 21.5 Å². The largest absolute Gasteiger partial charge is 0.452 e. The average molecular weight is 388 g/mol. The molecule has 1 aromatic heterocycles. The fraction of sp³-hybridized carbons (Fsp3) is 0.0833. The van der Waals surface area contributed by atoms with E-state index in [0.717, 1.165) is 23.3 Å². The Labute approximate surface area is 166 Å². The molecule has 0 radical (unpaired) electrons. The second-order valence-corrected chi connectivity index (χ2v) is 6.78. The molecule has 0 spiro atoms. The lowest BCUT2D eigenvalue weighted by molar-refractivity contribution is 0.0731. The molecule has 144 valence electrons. The first-order chi connectivity index (χ1) is 13.9. The van der Waals surface area contributed by atoms with E-state index in [4.69, 9.17) is 9.15 Å². The Morgan fingerprint density at radius 3 is 2.28 bits per heavy atom. The van der Waals surface area contributed by atoms with Crippen LogP contribution in [0.25, 0.3) is 22.3 Å². The van der Waals surface area contributed by atoms with Crippen LogP contribution < -0.4 is 10.2 Å². The number of ether oxygens (including phenoxy) is 1. The fourth-order valence-corrected chi connectivity index (χ4v) is 3.04. The summed E-state index contributed by atoms with van der Waals surface area (Å²) in [5.41, 5.74) is 2.61. The predicted octanol–water partition coefficient (Wildman–Crippen LogP) is 5.44. The van der Waals surface area contributed by atoms with Crippen LogP contribution in [-0.2, 0) is 0 Å². The van der Waals surface area contributed by atoms with E-state index >= 15 is 0 Å². The van der Waals surface area contributed by atoms with E-state index in [0.29, 0.717) is 16.5 Å². The zero-order chi connectivity index (χ0) is 20.5. The Kier molecular flexibility index (Phi) is 4.72. The van der Waals surface area contributed by atoms with E-state index in [1.165, 1.54) is 12.1 Å². The summed E-state index contributed by atoms with van der Waals surface area (Å²) >= 11 is 0. The van der Waals surface area contributed by atoms with Gasteiger partial charge in [-0.2, -0.15) is 0 Å². The van der Waals surface area contributed by atoms with Crippen molar-refractivity contribution in [3.8, 4) is 17.1 Å². The van der Waals surface area contributed by atoms with Crippen LogP contribution in [0.3, 0.4) is 0 Å². The van der Waals surface area contributed by atoms with Crippen molar-refractivity contribution in [2.24, 2.45) is 0 Å².